The van der Waals surface area contributed by atoms with Crippen LogP contribution in [0.4, 0.5) is 13.2 Å². The molecule has 0 spiro atoms. The fourth-order valence-corrected chi connectivity index (χ4v) is 1.49. The third-order valence-electron chi connectivity index (χ3n) is 2.78. The van der Waals surface area contributed by atoms with Crippen LogP contribution in [-0.4, -0.2) is 28.6 Å². The predicted octanol–water partition coefficient (Wildman–Crippen LogP) is 1.14. The van der Waals surface area contributed by atoms with Gasteiger partial charge in [0, 0.05) is 0 Å². The van der Waals surface area contributed by atoms with E-state index < -0.39 is 34.9 Å². The summed E-state index contributed by atoms with van der Waals surface area (Å²) in [6.45, 7) is 3.16. The van der Waals surface area contributed by atoms with Crippen LogP contribution in [0, 0.1) is 5.92 Å². The Balaban J connectivity index is 2.98. The van der Waals surface area contributed by atoms with Crippen molar-refractivity contribution in [3.8, 4) is 0 Å². The van der Waals surface area contributed by atoms with Gasteiger partial charge in [-0.15, -0.1) is 0 Å². The van der Waals surface area contributed by atoms with Crippen LogP contribution in [0.5, 0.6) is 0 Å². The molecule has 0 aliphatic heterocycles. The van der Waals surface area contributed by atoms with E-state index in [-0.39, 0.29) is 12.5 Å². The molecule has 3 N–H and O–H groups in total. The van der Waals surface area contributed by atoms with E-state index in [1.165, 1.54) is 0 Å². The van der Waals surface area contributed by atoms with Gasteiger partial charge in [-0.1, -0.05) is 13.8 Å². The number of aliphatic hydroxyl groups is 1. The molecule has 1 aromatic heterocycles. The number of H-pyrrole nitrogens is 1. The molecule has 0 bridgehead atoms. The SMILES string of the molecule is CC(C)C(CO)NC(=O)c1ccc(C(F)(F)F)[nH]c1=O. The van der Waals surface area contributed by atoms with E-state index in [1.54, 1.807) is 18.8 Å². The first-order valence-electron chi connectivity index (χ1n) is 5.89. The average molecular weight is 292 g/mol. The zero-order chi connectivity index (χ0) is 15.5. The highest BCUT2D eigenvalue weighted by molar-refractivity contribution is 5.94. The van der Waals surface area contributed by atoms with Crippen LogP contribution in [0.1, 0.15) is 29.9 Å². The number of aromatic amines is 1. The summed E-state index contributed by atoms with van der Waals surface area (Å²) in [6, 6.07) is 0.856. The molecule has 0 saturated carbocycles. The van der Waals surface area contributed by atoms with Crippen molar-refractivity contribution in [1.82, 2.24) is 10.3 Å². The molecule has 1 unspecified atom stereocenters. The fourth-order valence-electron chi connectivity index (χ4n) is 1.49. The molecule has 0 aliphatic rings. The van der Waals surface area contributed by atoms with Gasteiger partial charge in [0.25, 0.3) is 11.5 Å². The summed E-state index contributed by atoms with van der Waals surface area (Å²) in [5.74, 6) is -0.912. The molecule has 0 aromatic carbocycles. The molecule has 112 valence electrons. The highest BCUT2D eigenvalue weighted by Crippen LogP contribution is 2.26. The predicted molar refractivity (Wildman–Crippen MR) is 65.2 cm³/mol. The Morgan fingerprint density at radius 1 is 1.40 bits per heavy atom. The number of nitrogens with one attached hydrogen (secondary N) is 2. The first-order valence-corrected chi connectivity index (χ1v) is 5.89. The summed E-state index contributed by atoms with van der Waals surface area (Å²) in [5.41, 5.74) is -2.78. The molecule has 5 nitrogen and oxygen atoms in total. The van der Waals surface area contributed by atoms with Crippen molar-refractivity contribution < 1.29 is 23.1 Å². The van der Waals surface area contributed by atoms with Crippen LogP contribution in [-0.2, 0) is 6.18 Å². The van der Waals surface area contributed by atoms with Gasteiger partial charge in [-0.2, -0.15) is 13.2 Å². The molecule has 1 rings (SSSR count). The van der Waals surface area contributed by atoms with Crippen LogP contribution in [0.2, 0.25) is 0 Å². The third kappa shape index (κ3) is 3.83. The van der Waals surface area contributed by atoms with Crippen molar-refractivity contribution in [2.75, 3.05) is 6.61 Å². The number of amides is 1. The van der Waals surface area contributed by atoms with E-state index in [4.69, 9.17) is 5.11 Å². The van der Waals surface area contributed by atoms with Crippen LogP contribution < -0.4 is 10.9 Å². The van der Waals surface area contributed by atoms with Gasteiger partial charge in [0.1, 0.15) is 11.3 Å². The number of halogens is 3. The van der Waals surface area contributed by atoms with E-state index in [0.717, 1.165) is 6.07 Å². The fraction of sp³-hybridized carbons (Fsp3) is 0.500. The maximum atomic E-state index is 12.4. The van der Waals surface area contributed by atoms with Crippen molar-refractivity contribution in [3.05, 3.63) is 33.7 Å². The summed E-state index contributed by atoms with van der Waals surface area (Å²) >= 11 is 0. The van der Waals surface area contributed by atoms with Crippen molar-refractivity contribution in [1.29, 1.82) is 0 Å². The first-order chi connectivity index (χ1) is 9.16. The summed E-state index contributed by atoms with van der Waals surface area (Å²) < 4.78 is 37.1. The standard InChI is InChI=1S/C12H15F3N2O3/c1-6(2)8(5-18)16-10(19)7-3-4-9(12(13,14)15)17-11(7)20/h3-4,6,8,18H,5H2,1-2H3,(H,16,19)(H,17,20). The second-order valence-corrected chi connectivity index (χ2v) is 4.62. The molecule has 0 fully saturated rings. The van der Waals surface area contributed by atoms with Crippen molar-refractivity contribution >= 4 is 5.91 Å². The Labute approximate surface area is 112 Å². The van der Waals surface area contributed by atoms with Crippen molar-refractivity contribution in [3.63, 3.8) is 0 Å². The number of carbonyl (C=O) groups excluding carboxylic acids is 1. The van der Waals surface area contributed by atoms with Gasteiger partial charge in [-0.05, 0) is 18.1 Å². The summed E-state index contributed by atoms with van der Waals surface area (Å²) in [7, 11) is 0. The topological polar surface area (TPSA) is 82.2 Å². The molecule has 1 aromatic rings. The van der Waals surface area contributed by atoms with Crippen LogP contribution in [0.15, 0.2) is 16.9 Å². The summed E-state index contributed by atoms with van der Waals surface area (Å²) in [6.07, 6.45) is -4.68. The van der Waals surface area contributed by atoms with Crippen molar-refractivity contribution in [2.45, 2.75) is 26.1 Å². The molecule has 0 aliphatic carbocycles. The Hall–Kier alpha value is -1.83. The van der Waals surface area contributed by atoms with Gasteiger partial charge >= 0.3 is 6.18 Å². The number of aromatic nitrogens is 1. The number of pyridine rings is 1. The van der Waals surface area contributed by atoms with Crippen LogP contribution in [0.3, 0.4) is 0 Å². The Kier molecular flexibility index (Phi) is 4.93. The largest absolute Gasteiger partial charge is 0.431 e. The molecule has 1 amide bonds. The van der Waals surface area contributed by atoms with E-state index in [0.29, 0.717) is 6.07 Å². The maximum Gasteiger partial charge on any atom is 0.431 e. The highest BCUT2D eigenvalue weighted by atomic mass is 19.4. The van der Waals surface area contributed by atoms with E-state index in [9.17, 15) is 22.8 Å². The van der Waals surface area contributed by atoms with Gasteiger partial charge in [0.05, 0.1) is 12.6 Å². The maximum absolute atomic E-state index is 12.4. The quantitative estimate of drug-likeness (QED) is 0.778. The van der Waals surface area contributed by atoms with E-state index in [1.807, 2.05) is 0 Å². The zero-order valence-electron chi connectivity index (χ0n) is 10.9. The molecular formula is C12H15F3N2O3. The van der Waals surface area contributed by atoms with E-state index in [2.05, 4.69) is 5.32 Å². The first kappa shape index (κ1) is 16.2. The lowest BCUT2D eigenvalue weighted by Gasteiger charge is -2.19. The van der Waals surface area contributed by atoms with Gasteiger partial charge in [0.15, 0.2) is 0 Å². The number of hydrogen-bond acceptors (Lipinski definition) is 3. The monoisotopic (exact) mass is 292 g/mol. The molecule has 1 atom stereocenters. The van der Waals surface area contributed by atoms with Gasteiger partial charge in [0.2, 0.25) is 0 Å². The normalized spacial score (nSPS) is 13.3. The lowest BCUT2D eigenvalue weighted by molar-refractivity contribution is -0.141. The van der Waals surface area contributed by atoms with Gasteiger partial charge in [-0.25, -0.2) is 0 Å². The van der Waals surface area contributed by atoms with Crippen LogP contribution >= 0.6 is 0 Å². The number of hydrogen-bond donors (Lipinski definition) is 3. The number of alkyl halides is 3. The molecule has 0 saturated heterocycles. The average Bonchev–Trinajstić information content (AvgIpc) is 2.33. The minimum absolute atomic E-state index is 0.0857. The second kappa shape index (κ2) is 6.08. The van der Waals surface area contributed by atoms with Gasteiger partial charge in [-0.3, -0.25) is 9.59 Å². The zero-order valence-corrected chi connectivity index (χ0v) is 10.9. The molecule has 0 radical (unpaired) electrons. The Morgan fingerprint density at radius 2 is 2.00 bits per heavy atom. The number of aliphatic hydroxyl groups excluding tert-OH is 1. The Morgan fingerprint density at radius 3 is 2.40 bits per heavy atom. The lowest BCUT2D eigenvalue weighted by atomic mass is 10.0. The molecule has 20 heavy (non-hydrogen) atoms. The second-order valence-electron chi connectivity index (χ2n) is 4.62. The smallest absolute Gasteiger partial charge is 0.394 e. The lowest BCUT2D eigenvalue weighted by Crippen LogP contribution is -2.43. The van der Waals surface area contributed by atoms with Crippen LogP contribution in [0.25, 0.3) is 0 Å². The number of rotatable bonds is 4. The summed E-state index contributed by atoms with van der Waals surface area (Å²) in [5, 5.41) is 11.5. The van der Waals surface area contributed by atoms with E-state index >= 15 is 0 Å². The molecular weight excluding hydrogens is 277 g/mol. The molecule has 1 heterocycles. The summed E-state index contributed by atoms with van der Waals surface area (Å²) in [4.78, 5) is 24.9. The Bertz CT molecular complexity index is 537. The minimum Gasteiger partial charge on any atom is -0.394 e. The third-order valence-corrected chi connectivity index (χ3v) is 2.78. The van der Waals surface area contributed by atoms with Gasteiger partial charge < -0.3 is 15.4 Å². The minimum atomic E-state index is -4.68. The van der Waals surface area contributed by atoms with Crippen molar-refractivity contribution in [2.24, 2.45) is 5.92 Å². The molecule has 8 heteroatoms. The number of carbonyl (C=O) groups is 1. The highest BCUT2D eigenvalue weighted by Gasteiger charge is 2.32.